The summed E-state index contributed by atoms with van der Waals surface area (Å²) in [5.74, 6) is -0.614. The Morgan fingerprint density at radius 3 is 2.47 bits per heavy atom. The molecule has 0 spiro atoms. The summed E-state index contributed by atoms with van der Waals surface area (Å²) in [5.41, 5.74) is 0.656. The van der Waals surface area contributed by atoms with Gasteiger partial charge in [-0.2, -0.15) is 13.2 Å². The van der Waals surface area contributed by atoms with Gasteiger partial charge in [0, 0.05) is 5.38 Å². The van der Waals surface area contributed by atoms with Gasteiger partial charge in [-0.15, -0.1) is 11.3 Å². The number of thiazole rings is 1. The first-order chi connectivity index (χ1) is 15.2. The van der Waals surface area contributed by atoms with E-state index < -0.39 is 24.5 Å². The molecule has 0 aliphatic carbocycles. The molecule has 32 heavy (non-hydrogen) atoms. The van der Waals surface area contributed by atoms with Crippen LogP contribution in [0.2, 0.25) is 0 Å². The second-order valence-electron chi connectivity index (χ2n) is 6.38. The fraction of sp³-hybridized carbons (Fsp3) is 0.190. The van der Waals surface area contributed by atoms with Crippen molar-refractivity contribution in [2.24, 2.45) is 0 Å². The number of benzene rings is 2. The number of amides is 2. The van der Waals surface area contributed by atoms with Gasteiger partial charge >= 0.3 is 6.18 Å². The van der Waals surface area contributed by atoms with Gasteiger partial charge in [-0.05, 0) is 24.3 Å². The third kappa shape index (κ3) is 5.35. The molecule has 0 saturated carbocycles. The molecule has 0 fully saturated rings. The predicted octanol–water partition coefficient (Wildman–Crippen LogP) is 4.37. The number of rotatable bonds is 7. The van der Waals surface area contributed by atoms with E-state index in [1.54, 1.807) is 29.6 Å². The molecule has 7 nitrogen and oxygen atoms in total. The number of halogens is 3. The third-order valence-corrected chi connectivity index (χ3v) is 5.12. The molecule has 0 bridgehead atoms. The molecule has 3 aromatic rings. The van der Waals surface area contributed by atoms with Crippen molar-refractivity contribution in [3.63, 3.8) is 0 Å². The molecule has 1 heterocycles. The van der Waals surface area contributed by atoms with E-state index >= 15 is 0 Å². The van der Waals surface area contributed by atoms with Gasteiger partial charge in [0.2, 0.25) is 0 Å². The lowest BCUT2D eigenvalue weighted by atomic mass is 10.1. The Labute approximate surface area is 185 Å². The molecule has 0 aliphatic heterocycles. The normalized spacial score (nSPS) is 11.0. The number of hydrogen-bond donors (Lipinski definition) is 2. The van der Waals surface area contributed by atoms with Gasteiger partial charge in [-0.1, -0.05) is 18.2 Å². The number of carbonyl (C=O) groups excluding carboxylic acids is 2. The van der Waals surface area contributed by atoms with Gasteiger partial charge in [0.1, 0.15) is 17.2 Å². The Kier molecular flexibility index (Phi) is 6.98. The SMILES string of the molecule is COc1cccc(-c2nc(C(=O)Nc3ccccc3C(=O)NCC(F)(F)F)cs2)c1OC. The number of para-hydroxylation sites is 2. The maximum absolute atomic E-state index is 12.7. The number of nitrogens with one attached hydrogen (secondary N) is 2. The molecule has 2 N–H and O–H groups in total. The molecule has 11 heteroatoms. The zero-order valence-electron chi connectivity index (χ0n) is 16.9. The first-order valence-corrected chi connectivity index (χ1v) is 10.0. The molecule has 1 aromatic heterocycles. The second kappa shape index (κ2) is 9.69. The summed E-state index contributed by atoms with van der Waals surface area (Å²) in [6.07, 6.45) is -4.55. The van der Waals surface area contributed by atoms with E-state index in [9.17, 15) is 22.8 Å². The van der Waals surface area contributed by atoms with Crippen LogP contribution in [0.25, 0.3) is 10.6 Å². The Hall–Kier alpha value is -3.60. The van der Waals surface area contributed by atoms with Crippen molar-refractivity contribution in [1.82, 2.24) is 10.3 Å². The van der Waals surface area contributed by atoms with Crippen LogP contribution in [-0.2, 0) is 0 Å². The van der Waals surface area contributed by atoms with Crippen LogP contribution < -0.4 is 20.1 Å². The highest BCUT2D eigenvalue weighted by atomic mass is 32.1. The van der Waals surface area contributed by atoms with Gasteiger partial charge < -0.3 is 20.1 Å². The lowest BCUT2D eigenvalue weighted by Gasteiger charge is -2.12. The van der Waals surface area contributed by atoms with E-state index in [4.69, 9.17) is 9.47 Å². The summed E-state index contributed by atoms with van der Waals surface area (Å²) in [4.78, 5) is 29.2. The summed E-state index contributed by atoms with van der Waals surface area (Å²) in [6, 6.07) is 11.0. The molecule has 0 saturated heterocycles. The van der Waals surface area contributed by atoms with Crippen LogP contribution in [0.5, 0.6) is 11.5 Å². The molecule has 0 unspecified atom stereocenters. The maximum atomic E-state index is 12.7. The quantitative estimate of drug-likeness (QED) is 0.541. The number of anilines is 1. The van der Waals surface area contributed by atoms with Crippen molar-refractivity contribution in [3.8, 4) is 22.1 Å². The number of ether oxygens (including phenoxy) is 2. The van der Waals surface area contributed by atoms with E-state index in [0.717, 1.165) is 0 Å². The van der Waals surface area contributed by atoms with E-state index in [1.807, 2.05) is 0 Å². The average Bonchev–Trinajstić information content (AvgIpc) is 3.27. The largest absolute Gasteiger partial charge is 0.493 e. The Morgan fingerprint density at radius 1 is 1.03 bits per heavy atom. The van der Waals surface area contributed by atoms with E-state index in [1.165, 1.54) is 49.1 Å². The topological polar surface area (TPSA) is 89.5 Å². The lowest BCUT2D eigenvalue weighted by Crippen LogP contribution is -2.34. The zero-order valence-corrected chi connectivity index (χ0v) is 17.8. The van der Waals surface area contributed by atoms with Crippen molar-refractivity contribution in [1.29, 1.82) is 0 Å². The summed E-state index contributed by atoms with van der Waals surface area (Å²) < 4.78 is 47.9. The van der Waals surface area contributed by atoms with Crippen molar-refractivity contribution in [2.75, 3.05) is 26.1 Å². The highest BCUT2D eigenvalue weighted by molar-refractivity contribution is 7.13. The van der Waals surface area contributed by atoms with E-state index in [0.29, 0.717) is 22.1 Å². The standard InChI is InChI=1S/C21H18F3N3O4S/c1-30-16-9-5-7-13(17(16)31-2)20-27-15(10-32-20)19(29)26-14-8-4-3-6-12(14)18(28)25-11-21(22,23)24/h3-10H,11H2,1-2H3,(H,25,28)(H,26,29). The molecule has 0 aliphatic rings. The monoisotopic (exact) mass is 465 g/mol. The molecule has 0 radical (unpaired) electrons. The second-order valence-corrected chi connectivity index (χ2v) is 7.23. The van der Waals surface area contributed by atoms with Crippen LogP contribution in [0.1, 0.15) is 20.8 Å². The molecule has 0 atom stereocenters. The minimum absolute atomic E-state index is 0.0608. The average molecular weight is 465 g/mol. The summed E-state index contributed by atoms with van der Waals surface area (Å²) in [7, 11) is 2.99. The number of methoxy groups -OCH3 is 2. The van der Waals surface area contributed by atoms with Gasteiger partial charge in [-0.25, -0.2) is 4.98 Å². The van der Waals surface area contributed by atoms with Crippen LogP contribution in [0, 0.1) is 0 Å². The molecular formula is C21H18F3N3O4S. The summed E-state index contributed by atoms with van der Waals surface area (Å²) >= 11 is 1.20. The van der Waals surface area contributed by atoms with Crippen LogP contribution in [0.15, 0.2) is 47.8 Å². The van der Waals surface area contributed by atoms with Crippen LogP contribution in [0.4, 0.5) is 18.9 Å². The molecule has 2 amide bonds. The van der Waals surface area contributed by atoms with Crippen LogP contribution >= 0.6 is 11.3 Å². The first-order valence-electron chi connectivity index (χ1n) is 9.15. The zero-order chi connectivity index (χ0) is 23.3. The minimum Gasteiger partial charge on any atom is -0.493 e. The van der Waals surface area contributed by atoms with Crippen molar-refractivity contribution in [3.05, 3.63) is 59.1 Å². The van der Waals surface area contributed by atoms with E-state index in [-0.39, 0.29) is 16.9 Å². The predicted molar refractivity (Wildman–Crippen MR) is 113 cm³/mol. The fourth-order valence-electron chi connectivity index (χ4n) is 2.81. The van der Waals surface area contributed by atoms with Crippen molar-refractivity contribution < 1.29 is 32.2 Å². The van der Waals surface area contributed by atoms with E-state index in [2.05, 4.69) is 10.3 Å². The van der Waals surface area contributed by atoms with Gasteiger partial charge in [0.05, 0.1) is 31.0 Å². The van der Waals surface area contributed by atoms with Crippen LogP contribution in [0.3, 0.4) is 0 Å². The number of alkyl halides is 3. The Morgan fingerprint density at radius 2 is 1.78 bits per heavy atom. The Bertz CT molecular complexity index is 1130. The van der Waals surface area contributed by atoms with Gasteiger partial charge in [-0.3, -0.25) is 9.59 Å². The van der Waals surface area contributed by atoms with Gasteiger partial charge in [0.15, 0.2) is 11.5 Å². The van der Waals surface area contributed by atoms with Gasteiger partial charge in [0.25, 0.3) is 11.8 Å². The third-order valence-electron chi connectivity index (χ3n) is 4.24. The molecule has 3 rings (SSSR count). The molecular weight excluding hydrogens is 447 g/mol. The Balaban J connectivity index is 1.81. The van der Waals surface area contributed by atoms with Crippen molar-refractivity contribution in [2.45, 2.75) is 6.18 Å². The smallest absolute Gasteiger partial charge is 0.405 e. The summed E-state index contributed by atoms with van der Waals surface area (Å²) in [6.45, 7) is -1.48. The summed E-state index contributed by atoms with van der Waals surface area (Å²) in [5, 5.41) is 6.34. The number of nitrogens with zero attached hydrogens (tertiary/aromatic N) is 1. The lowest BCUT2D eigenvalue weighted by molar-refractivity contribution is -0.123. The number of carbonyl (C=O) groups is 2. The number of aromatic nitrogens is 1. The minimum atomic E-state index is -4.55. The van der Waals surface area contributed by atoms with Crippen molar-refractivity contribution >= 4 is 28.8 Å². The molecule has 168 valence electrons. The van der Waals surface area contributed by atoms with Crippen LogP contribution in [-0.4, -0.2) is 43.7 Å². The highest BCUT2D eigenvalue weighted by Gasteiger charge is 2.28. The highest BCUT2D eigenvalue weighted by Crippen LogP contribution is 2.39. The first kappa shape index (κ1) is 23.1. The molecule has 2 aromatic carbocycles. The number of hydrogen-bond acceptors (Lipinski definition) is 6. The maximum Gasteiger partial charge on any atom is 0.405 e. The fourth-order valence-corrected chi connectivity index (χ4v) is 3.63.